The molecule has 2 amide bonds. The third-order valence-electron chi connectivity index (χ3n) is 4.49. The number of nitrogens with one attached hydrogen (secondary N) is 1. The number of carbonyl (C=O) groups excluding carboxylic acids is 2. The molecule has 2 aromatic carbocycles. The first-order chi connectivity index (χ1) is 12.4. The van der Waals surface area contributed by atoms with E-state index in [1.807, 2.05) is 24.3 Å². The summed E-state index contributed by atoms with van der Waals surface area (Å²) in [5.41, 5.74) is 1.87. The number of nitrogens with zero attached hydrogens (tertiary/aromatic N) is 1. The van der Waals surface area contributed by atoms with E-state index in [1.54, 1.807) is 11.8 Å². The first-order valence-electron chi connectivity index (χ1n) is 8.57. The van der Waals surface area contributed by atoms with Crippen molar-refractivity contribution in [2.75, 3.05) is 11.4 Å². The number of halogens is 2. The van der Waals surface area contributed by atoms with Crippen LogP contribution in [0.4, 0.5) is 14.5 Å². The molecule has 26 heavy (non-hydrogen) atoms. The van der Waals surface area contributed by atoms with E-state index in [2.05, 4.69) is 5.32 Å². The van der Waals surface area contributed by atoms with Gasteiger partial charge < -0.3 is 10.2 Å². The largest absolute Gasteiger partial charge is 0.349 e. The molecule has 0 saturated carbocycles. The van der Waals surface area contributed by atoms with Gasteiger partial charge >= 0.3 is 0 Å². The normalized spacial score (nSPS) is 15.2. The molecule has 0 bridgehead atoms. The monoisotopic (exact) mass is 358 g/mol. The molecule has 1 aliphatic heterocycles. The fourth-order valence-electron chi connectivity index (χ4n) is 3.12. The number of benzene rings is 2. The van der Waals surface area contributed by atoms with Crippen LogP contribution < -0.4 is 10.2 Å². The van der Waals surface area contributed by atoms with E-state index < -0.39 is 17.7 Å². The van der Waals surface area contributed by atoms with Crippen molar-refractivity contribution in [2.24, 2.45) is 0 Å². The molecular weight excluding hydrogens is 338 g/mol. The molecular formula is C20H20F2N2O2. The summed E-state index contributed by atoms with van der Waals surface area (Å²) in [4.78, 5) is 25.7. The van der Waals surface area contributed by atoms with E-state index in [0.29, 0.717) is 6.42 Å². The van der Waals surface area contributed by atoms with Crippen molar-refractivity contribution in [2.45, 2.75) is 32.2 Å². The molecule has 0 aliphatic carbocycles. The second-order valence-corrected chi connectivity index (χ2v) is 6.45. The average Bonchev–Trinajstić information content (AvgIpc) is 3.01. The smallest absolute Gasteiger partial charge is 0.227 e. The lowest BCUT2D eigenvalue weighted by Crippen LogP contribution is -2.28. The van der Waals surface area contributed by atoms with Crippen LogP contribution >= 0.6 is 0 Å². The van der Waals surface area contributed by atoms with E-state index in [9.17, 15) is 18.4 Å². The summed E-state index contributed by atoms with van der Waals surface area (Å²) in [7, 11) is 0. The van der Waals surface area contributed by atoms with E-state index in [0.717, 1.165) is 30.3 Å². The Kier molecular flexibility index (Phi) is 5.30. The fraction of sp³-hybridized carbons (Fsp3) is 0.300. The lowest BCUT2D eigenvalue weighted by Gasteiger charge is -2.17. The molecule has 1 saturated heterocycles. The molecule has 6 heteroatoms. The molecule has 0 radical (unpaired) electrons. The first-order valence-corrected chi connectivity index (χ1v) is 8.57. The molecule has 1 atom stereocenters. The van der Waals surface area contributed by atoms with E-state index in [4.69, 9.17) is 0 Å². The minimum atomic E-state index is -0.683. The van der Waals surface area contributed by atoms with Crippen molar-refractivity contribution in [1.82, 2.24) is 5.32 Å². The quantitative estimate of drug-likeness (QED) is 0.889. The highest BCUT2D eigenvalue weighted by Crippen LogP contribution is 2.22. The Morgan fingerprint density at radius 3 is 2.54 bits per heavy atom. The van der Waals surface area contributed by atoms with E-state index in [-0.39, 0.29) is 23.8 Å². The third-order valence-corrected chi connectivity index (χ3v) is 4.49. The molecule has 1 N–H and O–H groups in total. The number of hydrogen-bond donors (Lipinski definition) is 1. The van der Waals surface area contributed by atoms with Gasteiger partial charge in [0.25, 0.3) is 0 Å². The van der Waals surface area contributed by atoms with Gasteiger partial charge in [-0.1, -0.05) is 18.2 Å². The van der Waals surface area contributed by atoms with Gasteiger partial charge in [-0.15, -0.1) is 0 Å². The highest BCUT2D eigenvalue weighted by atomic mass is 19.1. The molecule has 0 aromatic heterocycles. The summed E-state index contributed by atoms with van der Waals surface area (Å²) < 4.78 is 26.8. The van der Waals surface area contributed by atoms with Gasteiger partial charge in [-0.2, -0.15) is 0 Å². The minimum Gasteiger partial charge on any atom is -0.349 e. The van der Waals surface area contributed by atoms with Crippen molar-refractivity contribution in [1.29, 1.82) is 0 Å². The Morgan fingerprint density at radius 2 is 1.92 bits per heavy atom. The van der Waals surface area contributed by atoms with Crippen molar-refractivity contribution in [3.05, 3.63) is 65.2 Å². The van der Waals surface area contributed by atoms with Gasteiger partial charge in [0.1, 0.15) is 11.6 Å². The zero-order chi connectivity index (χ0) is 18.7. The summed E-state index contributed by atoms with van der Waals surface area (Å²) in [6.07, 6.45) is 1.57. The van der Waals surface area contributed by atoms with Crippen molar-refractivity contribution < 1.29 is 18.4 Å². The van der Waals surface area contributed by atoms with E-state index >= 15 is 0 Å². The summed E-state index contributed by atoms with van der Waals surface area (Å²) in [5, 5.41) is 2.72. The van der Waals surface area contributed by atoms with Gasteiger partial charge in [-0.25, -0.2) is 8.78 Å². The van der Waals surface area contributed by atoms with Crippen LogP contribution in [0, 0.1) is 11.6 Å². The molecule has 136 valence electrons. The topological polar surface area (TPSA) is 49.4 Å². The minimum absolute atomic E-state index is 0.116. The van der Waals surface area contributed by atoms with Gasteiger partial charge in [0.2, 0.25) is 11.8 Å². The maximum Gasteiger partial charge on any atom is 0.227 e. The van der Waals surface area contributed by atoms with Crippen LogP contribution in [0.2, 0.25) is 0 Å². The Hall–Kier alpha value is -2.76. The van der Waals surface area contributed by atoms with Crippen LogP contribution in [0.3, 0.4) is 0 Å². The SMILES string of the molecule is C[C@H](NC(=O)Cc1ccc(N2CCCC2=O)cc1)c1ccc(F)cc1F. The summed E-state index contributed by atoms with van der Waals surface area (Å²) in [5.74, 6) is -1.48. The number of carbonyl (C=O) groups is 2. The second-order valence-electron chi connectivity index (χ2n) is 6.45. The molecule has 2 aromatic rings. The van der Waals surface area contributed by atoms with Crippen LogP contribution in [0.5, 0.6) is 0 Å². The van der Waals surface area contributed by atoms with Gasteiger partial charge in [0.05, 0.1) is 12.5 Å². The molecule has 0 spiro atoms. The Bertz CT molecular complexity index is 821. The Morgan fingerprint density at radius 1 is 1.19 bits per heavy atom. The van der Waals surface area contributed by atoms with Crippen LogP contribution in [0.1, 0.15) is 36.9 Å². The zero-order valence-corrected chi connectivity index (χ0v) is 14.5. The molecule has 4 nitrogen and oxygen atoms in total. The maximum absolute atomic E-state index is 13.8. The van der Waals surface area contributed by atoms with Gasteiger partial charge in [0.15, 0.2) is 0 Å². The summed E-state index contributed by atoms with van der Waals surface area (Å²) in [6.45, 7) is 2.37. The predicted octanol–water partition coefficient (Wildman–Crippen LogP) is 3.51. The maximum atomic E-state index is 13.8. The fourth-order valence-corrected chi connectivity index (χ4v) is 3.12. The Labute approximate surface area is 150 Å². The van der Waals surface area contributed by atoms with Crippen LogP contribution in [-0.2, 0) is 16.0 Å². The third kappa shape index (κ3) is 4.07. The van der Waals surface area contributed by atoms with Crippen molar-refractivity contribution >= 4 is 17.5 Å². The molecule has 1 heterocycles. The van der Waals surface area contributed by atoms with Gasteiger partial charge in [-0.05, 0) is 37.1 Å². The predicted molar refractivity (Wildman–Crippen MR) is 94.6 cm³/mol. The van der Waals surface area contributed by atoms with Crippen LogP contribution in [0.25, 0.3) is 0 Å². The summed E-state index contributed by atoms with van der Waals surface area (Å²) >= 11 is 0. The lowest BCUT2D eigenvalue weighted by atomic mass is 10.1. The zero-order valence-electron chi connectivity index (χ0n) is 14.5. The molecule has 1 aliphatic rings. The van der Waals surface area contributed by atoms with Crippen LogP contribution in [0.15, 0.2) is 42.5 Å². The van der Waals surface area contributed by atoms with Crippen molar-refractivity contribution in [3.8, 4) is 0 Å². The highest BCUT2D eigenvalue weighted by Gasteiger charge is 2.21. The second kappa shape index (κ2) is 7.64. The van der Waals surface area contributed by atoms with Gasteiger partial charge in [0, 0.05) is 30.3 Å². The summed E-state index contributed by atoms with van der Waals surface area (Å²) in [6, 6.07) is 10.0. The first kappa shape index (κ1) is 18.0. The molecule has 1 fully saturated rings. The Balaban J connectivity index is 1.60. The van der Waals surface area contributed by atoms with Crippen molar-refractivity contribution in [3.63, 3.8) is 0 Å². The molecule has 0 unspecified atom stereocenters. The van der Waals surface area contributed by atoms with Gasteiger partial charge in [-0.3, -0.25) is 9.59 Å². The average molecular weight is 358 g/mol. The molecule has 3 rings (SSSR count). The lowest BCUT2D eigenvalue weighted by molar-refractivity contribution is -0.121. The number of rotatable bonds is 5. The van der Waals surface area contributed by atoms with E-state index in [1.165, 1.54) is 12.1 Å². The van der Waals surface area contributed by atoms with Crippen LogP contribution in [-0.4, -0.2) is 18.4 Å². The number of anilines is 1. The number of hydrogen-bond acceptors (Lipinski definition) is 2. The standard InChI is InChI=1S/C20H20F2N2O2/c1-13(17-9-6-15(21)12-18(17)22)23-19(25)11-14-4-7-16(8-5-14)24-10-2-3-20(24)26/h4-9,12-13H,2-3,10-11H2,1H3,(H,23,25)/t13-/m0/s1. The number of amides is 2. The highest BCUT2D eigenvalue weighted by molar-refractivity contribution is 5.95.